The van der Waals surface area contributed by atoms with Crippen molar-refractivity contribution in [3.05, 3.63) is 0 Å². The molecule has 2 fully saturated rings. The van der Waals surface area contributed by atoms with Crippen LogP contribution in [0.3, 0.4) is 0 Å². The van der Waals surface area contributed by atoms with Gasteiger partial charge in [-0.05, 0) is 18.3 Å². The molecular formula is C11H23NO. The highest BCUT2D eigenvalue weighted by Gasteiger charge is 2.18. The Hall–Kier alpha value is -0.0800. The summed E-state index contributed by atoms with van der Waals surface area (Å²) in [6.07, 6.45) is 6.31. The average Bonchev–Trinajstić information content (AvgIpc) is 2.87. The fourth-order valence-corrected chi connectivity index (χ4v) is 1.94. The third-order valence-corrected chi connectivity index (χ3v) is 2.86. The quantitative estimate of drug-likeness (QED) is 0.636. The molecule has 0 spiro atoms. The van der Waals surface area contributed by atoms with Crippen molar-refractivity contribution in [3.63, 3.8) is 0 Å². The molecule has 0 bridgehead atoms. The van der Waals surface area contributed by atoms with E-state index in [1.54, 1.807) is 0 Å². The van der Waals surface area contributed by atoms with E-state index in [1.165, 1.54) is 25.7 Å². The van der Waals surface area contributed by atoms with Crippen LogP contribution >= 0.6 is 0 Å². The van der Waals surface area contributed by atoms with Gasteiger partial charge in [0.1, 0.15) is 0 Å². The Kier molecular flexibility index (Phi) is 4.74. The van der Waals surface area contributed by atoms with Crippen molar-refractivity contribution < 1.29 is 4.74 Å². The molecule has 0 radical (unpaired) electrons. The molecule has 2 nitrogen and oxygen atoms in total. The van der Waals surface area contributed by atoms with Crippen LogP contribution in [0.5, 0.6) is 0 Å². The van der Waals surface area contributed by atoms with Crippen LogP contribution in [0.25, 0.3) is 0 Å². The summed E-state index contributed by atoms with van der Waals surface area (Å²) in [6, 6.07) is 0. The van der Waals surface area contributed by atoms with Crippen molar-refractivity contribution in [2.24, 2.45) is 17.6 Å². The number of nitrogens with two attached hydrogens (primary N) is 1. The van der Waals surface area contributed by atoms with Crippen molar-refractivity contribution in [1.82, 2.24) is 0 Å². The molecule has 1 aliphatic heterocycles. The van der Waals surface area contributed by atoms with Crippen molar-refractivity contribution in [1.29, 1.82) is 0 Å². The van der Waals surface area contributed by atoms with Crippen LogP contribution in [0.15, 0.2) is 0 Å². The molecule has 3 unspecified atom stereocenters. The SMILES string of the molecule is CC1CCCC(C)C1.NCC1CO1. The van der Waals surface area contributed by atoms with Gasteiger partial charge in [-0.15, -0.1) is 0 Å². The zero-order valence-corrected chi connectivity index (χ0v) is 8.96. The minimum atomic E-state index is 0.412. The minimum absolute atomic E-state index is 0.412. The second-order valence-corrected chi connectivity index (χ2v) is 4.57. The molecule has 13 heavy (non-hydrogen) atoms. The van der Waals surface area contributed by atoms with Gasteiger partial charge in [0.05, 0.1) is 12.7 Å². The Morgan fingerprint density at radius 2 is 1.77 bits per heavy atom. The first-order chi connectivity index (χ1) is 6.22. The largest absolute Gasteiger partial charge is 0.372 e. The van der Waals surface area contributed by atoms with E-state index in [0.29, 0.717) is 12.6 Å². The van der Waals surface area contributed by atoms with Crippen molar-refractivity contribution in [3.8, 4) is 0 Å². The normalized spacial score (nSPS) is 37.6. The standard InChI is InChI=1S/C8H16.C3H7NO/c1-7-4-3-5-8(2)6-7;4-1-3-2-5-3/h7-8H,3-6H2,1-2H3;3H,1-2,4H2. The predicted octanol–water partition coefficient (Wildman–Crippen LogP) is 2.18. The molecule has 1 saturated carbocycles. The van der Waals surface area contributed by atoms with E-state index in [4.69, 9.17) is 10.5 Å². The molecular weight excluding hydrogens is 162 g/mol. The maximum absolute atomic E-state index is 5.11. The van der Waals surface area contributed by atoms with Gasteiger partial charge < -0.3 is 10.5 Å². The number of ether oxygens (including phenoxy) is 1. The van der Waals surface area contributed by atoms with Crippen LogP contribution in [0.2, 0.25) is 0 Å². The molecule has 0 aromatic heterocycles. The van der Waals surface area contributed by atoms with Crippen LogP contribution in [-0.2, 0) is 4.74 Å². The lowest BCUT2D eigenvalue weighted by molar-refractivity contribution is 0.301. The van der Waals surface area contributed by atoms with Crippen LogP contribution in [0, 0.1) is 11.8 Å². The Labute approximate surface area is 81.8 Å². The predicted molar refractivity (Wildman–Crippen MR) is 55.6 cm³/mol. The lowest BCUT2D eigenvalue weighted by Crippen LogP contribution is -2.09. The third kappa shape index (κ3) is 5.27. The summed E-state index contributed by atoms with van der Waals surface area (Å²) in [4.78, 5) is 0. The lowest BCUT2D eigenvalue weighted by Gasteiger charge is -2.22. The van der Waals surface area contributed by atoms with Gasteiger partial charge in [0.25, 0.3) is 0 Å². The van der Waals surface area contributed by atoms with Gasteiger partial charge in [0, 0.05) is 6.54 Å². The molecule has 78 valence electrons. The summed E-state index contributed by atoms with van der Waals surface area (Å²) in [6.45, 7) is 6.32. The molecule has 0 aromatic carbocycles. The first-order valence-corrected chi connectivity index (χ1v) is 5.54. The monoisotopic (exact) mass is 185 g/mol. The Morgan fingerprint density at radius 3 is 1.92 bits per heavy atom. The number of hydrogen-bond donors (Lipinski definition) is 1. The maximum atomic E-state index is 5.11. The highest BCUT2D eigenvalue weighted by Crippen LogP contribution is 2.27. The first kappa shape index (κ1) is 11.0. The zero-order chi connectivity index (χ0) is 9.68. The Bertz CT molecular complexity index is 126. The van der Waals surface area contributed by atoms with E-state index in [-0.39, 0.29) is 0 Å². The minimum Gasteiger partial charge on any atom is -0.372 e. The fraction of sp³-hybridized carbons (Fsp3) is 1.00. The van der Waals surface area contributed by atoms with Crippen molar-refractivity contribution >= 4 is 0 Å². The number of epoxide rings is 1. The third-order valence-electron chi connectivity index (χ3n) is 2.86. The molecule has 2 aliphatic rings. The van der Waals surface area contributed by atoms with Gasteiger partial charge in [-0.3, -0.25) is 0 Å². The van der Waals surface area contributed by atoms with E-state index < -0.39 is 0 Å². The summed E-state index contributed by atoms with van der Waals surface area (Å²) in [7, 11) is 0. The first-order valence-electron chi connectivity index (χ1n) is 5.54. The van der Waals surface area contributed by atoms with Crippen LogP contribution < -0.4 is 5.73 Å². The molecule has 1 saturated heterocycles. The summed E-state index contributed by atoms with van der Waals surface area (Å²) in [5.74, 6) is 2.03. The van der Waals surface area contributed by atoms with Crippen molar-refractivity contribution in [2.45, 2.75) is 45.6 Å². The van der Waals surface area contributed by atoms with Gasteiger partial charge in [-0.2, -0.15) is 0 Å². The average molecular weight is 185 g/mol. The lowest BCUT2D eigenvalue weighted by atomic mass is 9.84. The highest BCUT2D eigenvalue weighted by atomic mass is 16.6. The van der Waals surface area contributed by atoms with E-state index in [2.05, 4.69) is 13.8 Å². The Morgan fingerprint density at radius 1 is 1.23 bits per heavy atom. The molecule has 1 aliphatic carbocycles. The number of rotatable bonds is 1. The molecule has 0 aromatic rings. The van der Waals surface area contributed by atoms with Crippen LogP contribution in [0.1, 0.15) is 39.5 Å². The van der Waals surface area contributed by atoms with Crippen LogP contribution in [0.4, 0.5) is 0 Å². The fourth-order valence-electron chi connectivity index (χ4n) is 1.94. The van der Waals surface area contributed by atoms with Gasteiger partial charge in [0.2, 0.25) is 0 Å². The van der Waals surface area contributed by atoms with E-state index >= 15 is 0 Å². The maximum Gasteiger partial charge on any atom is 0.0931 e. The summed E-state index contributed by atoms with van der Waals surface area (Å²) < 4.78 is 4.73. The van der Waals surface area contributed by atoms with E-state index in [1.807, 2.05) is 0 Å². The second-order valence-electron chi connectivity index (χ2n) is 4.57. The van der Waals surface area contributed by atoms with Crippen LogP contribution in [-0.4, -0.2) is 19.3 Å². The van der Waals surface area contributed by atoms with Crippen molar-refractivity contribution in [2.75, 3.05) is 13.2 Å². The molecule has 2 rings (SSSR count). The topological polar surface area (TPSA) is 38.5 Å². The van der Waals surface area contributed by atoms with Gasteiger partial charge >= 0.3 is 0 Å². The summed E-state index contributed by atoms with van der Waals surface area (Å²) >= 11 is 0. The highest BCUT2D eigenvalue weighted by molar-refractivity contribution is 4.67. The zero-order valence-electron chi connectivity index (χ0n) is 8.96. The summed E-state index contributed by atoms with van der Waals surface area (Å²) in [5, 5.41) is 0. The molecule has 0 amide bonds. The van der Waals surface area contributed by atoms with E-state index in [0.717, 1.165) is 18.4 Å². The Balaban J connectivity index is 0.000000145. The van der Waals surface area contributed by atoms with Gasteiger partial charge in [0.15, 0.2) is 0 Å². The second kappa shape index (κ2) is 5.61. The van der Waals surface area contributed by atoms with Gasteiger partial charge in [-0.1, -0.05) is 33.1 Å². The molecule has 3 atom stereocenters. The molecule has 2 heteroatoms. The number of hydrogen-bond acceptors (Lipinski definition) is 2. The van der Waals surface area contributed by atoms with E-state index in [9.17, 15) is 0 Å². The smallest absolute Gasteiger partial charge is 0.0931 e. The molecule has 2 N–H and O–H groups in total. The molecule has 1 heterocycles. The summed E-state index contributed by atoms with van der Waals surface area (Å²) in [5.41, 5.74) is 5.11. The van der Waals surface area contributed by atoms with Gasteiger partial charge in [-0.25, -0.2) is 0 Å².